The highest BCUT2D eigenvalue weighted by Crippen LogP contribution is 2.42. The number of rotatable bonds is 5. The van der Waals surface area contributed by atoms with Gasteiger partial charge in [-0.25, -0.2) is 22.2 Å². The van der Waals surface area contributed by atoms with Gasteiger partial charge in [0.25, 0.3) is 0 Å². The maximum absolute atomic E-state index is 11.7. The molecule has 160 valence electrons. The quantitative estimate of drug-likeness (QED) is 0.614. The van der Waals surface area contributed by atoms with Crippen molar-refractivity contribution >= 4 is 50.4 Å². The number of hydrogen-bond donors (Lipinski definition) is 1. The Morgan fingerprint density at radius 1 is 1.13 bits per heavy atom. The summed E-state index contributed by atoms with van der Waals surface area (Å²) >= 11 is 12.7. The smallest absolute Gasteiger partial charge is 0.245 e. The minimum absolute atomic E-state index is 0.0872. The maximum Gasteiger partial charge on any atom is 0.245 e. The second kappa shape index (κ2) is 7.37. The van der Waals surface area contributed by atoms with Gasteiger partial charge >= 0.3 is 0 Å². The van der Waals surface area contributed by atoms with Crippen LogP contribution in [0.25, 0.3) is 5.52 Å². The summed E-state index contributed by atoms with van der Waals surface area (Å²) in [5.74, 6) is 0.905. The van der Waals surface area contributed by atoms with Crippen molar-refractivity contribution in [2.75, 3.05) is 24.7 Å². The molecule has 9 nitrogen and oxygen atoms in total. The predicted octanol–water partition coefficient (Wildman–Crippen LogP) is 3.45. The van der Waals surface area contributed by atoms with E-state index in [0.29, 0.717) is 53.7 Å². The van der Waals surface area contributed by atoms with Crippen molar-refractivity contribution in [1.29, 1.82) is 0 Å². The summed E-state index contributed by atoms with van der Waals surface area (Å²) in [7, 11) is -3.16. The fourth-order valence-electron chi connectivity index (χ4n) is 3.90. The van der Waals surface area contributed by atoms with E-state index in [1.165, 1.54) is 10.6 Å². The Labute approximate surface area is 184 Å². The van der Waals surface area contributed by atoms with Crippen LogP contribution in [-0.2, 0) is 10.0 Å². The van der Waals surface area contributed by atoms with Crippen molar-refractivity contribution in [2.24, 2.45) is 0 Å². The number of anilines is 2. The summed E-state index contributed by atoms with van der Waals surface area (Å²) in [5, 5.41) is 13.1. The summed E-state index contributed by atoms with van der Waals surface area (Å²) in [6.07, 6.45) is 8.41. The standard InChI is InChI=1S/C18H21Cl2N7O2S/c1-30(28,29)25-6-4-12(5-7-25)26-10-14(17(20)23-26)22-18-21-9-16-13(19)8-15(11-2-3-11)27(16)24-18/h8-12H,2-7H2,1H3,(H,22,24). The zero-order valence-corrected chi connectivity index (χ0v) is 18.6. The molecule has 0 spiro atoms. The molecule has 0 aromatic carbocycles. The number of nitrogens with one attached hydrogen (secondary N) is 1. The van der Waals surface area contributed by atoms with Crippen LogP contribution in [0, 0.1) is 0 Å². The van der Waals surface area contributed by atoms with Gasteiger partial charge in [0, 0.05) is 24.7 Å². The lowest BCUT2D eigenvalue weighted by molar-refractivity contribution is 0.262. The SMILES string of the molecule is CS(=O)(=O)N1CCC(n2cc(Nc3ncc4c(Cl)cc(C5CC5)n4n3)c(Cl)n2)CC1. The monoisotopic (exact) mass is 469 g/mol. The first-order chi connectivity index (χ1) is 14.3. The number of aromatic nitrogens is 5. The third-order valence-electron chi connectivity index (χ3n) is 5.69. The molecule has 5 rings (SSSR count). The van der Waals surface area contributed by atoms with Gasteiger partial charge in [-0.05, 0) is 31.7 Å². The Kier molecular flexibility index (Phi) is 4.92. The van der Waals surface area contributed by atoms with Crippen LogP contribution >= 0.6 is 23.2 Å². The van der Waals surface area contributed by atoms with Crippen LogP contribution in [0.15, 0.2) is 18.5 Å². The van der Waals surface area contributed by atoms with Gasteiger partial charge in [0.05, 0.1) is 35.4 Å². The van der Waals surface area contributed by atoms with E-state index < -0.39 is 10.0 Å². The van der Waals surface area contributed by atoms with Gasteiger partial charge in [-0.3, -0.25) is 4.68 Å². The molecule has 4 heterocycles. The summed E-state index contributed by atoms with van der Waals surface area (Å²) in [5.41, 5.74) is 2.48. The number of hydrogen-bond acceptors (Lipinski definition) is 6. The molecule has 1 aliphatic carbocycles. The molecule has 0 atom stereocenters. The minimum Gasteiger partial charge on any atom is -0.319 e. The first-order valence-electron chi connectivity index (χ1n) is 9.80. The minimum atomic E-state index is -3.16. The molecule has 2 aliphatic rings. The number of nitrogens with zero attached hydrogens (tertiary/aromatic N) is 6. The van der Waals surface area contributed by atoms with E-state index in [1.54, 1.807) is 10.9 Å². The maximum atomic E-state index is 11.7. The molecule has 1 aliphatic heterocycles. The van der Waals surface area contributed by atoms with E-state index in [9.17, 15) is 8.42 Å². The molecular formula is C18H21Cl2N7O2S. The van der Waals surface area contributed by atoms with Gasteiger partial charge < -0.3 is 5.32 Å². The lowest BCUT2D eigenvalue weighted by atomic mass is 10.1. The normalized spacial score (nSPS) is 18.9. The lowest BCUT2D eigenvalue weighted by Gasteiger charge is -2.30. The van der Waals surface area contributed by atoms with Crippen LogP contribution in [0.5, 0.6) is 0 Å². The second-order valence-electron chi connectivity index (χ2n) is 7.90. The Balaban J connectivity index is 1.35. The summed E-state index contributed by atoms with van der Waals surface area (Å²) in [6.45, 7) is 0.948. The first kappa shape index (κ1) is 20.0. The number of sulfonamides is 1. The van der Waals surface area contributed by atoms with Crippen LogP contribution in [-0.4, -0.2) is 56.4 Å². The third-order valence-corrected chi connectivity index (χ3v) is 7.58. The number of piperidine rings is 1. The van der Waals surface area contributed by atoms with E-state index in [4.69, 9.17) is 23.2 Å². The zero-order chi connectivity index (χ0) is 21.0. The molecule has 0 bridgehead atoms. The Morgan fingerprint density at radius 3 is 2.53 bits per heavy atom. The fraction of sp³-hybridized carbons (Fsp3) is 0.500. The molecule has 12 heteroatoms. The van der Waals surface area contributed by atoms with Crippen molar-refractivity contribution < 1.29 is 8.42 Å². The van der Waals surface area contributed by atoms with E-state index in [2.05, 4.69) is 20.5 Å². The van der Waals surface area contributed by atoms with Crippen LogP contribution in [0.1, 0.15) is 43.3 Å². The average molecular weight is 470 g/mol. The largest absolute Gasteiger partial charge is 0.319 e. The Morgan fingerprint density at radius 2 is 1.87 bits per heavy atom. The molecule has 30 heavy (non-hydrogen) atoms. The summed E-state index contributed by atoms with van der Waals surface area (Å²) < 4.78 is 28.5. The van der Waals surface area contributed by atoms with Crippen molar-refractivity contribution in [3.05, 3.63) is 34.3 Å². The van der Waals surface area contributed by atoms with Gasteiger partial charge in [-0.2, -0.15) is 5.10 Å². The molecule has 3 aromatic heterocycles. The summed E-state index contributed by atoms with van der Waals surface area (Å²) in [4.78, 5) is 4.36. The molecule has 1 saturated carbocycles. The van der Waals surface area contributed by atoms with Crippen LogP contribution in [0.2, 0.25) is 10.2 Å². The van der Waals surface area contributed by atoms with Crippen molar-refractivity contribution in [3.63, 3.8) is 0 Å². The van der Waals surface area contributed by atoms with Gasteiger partial charge in [-0.1, -0.05) is 23.2 Å². The number of halogens is 2. The molecule has 0 radical (unpaired) electrons. The summed E-state index contributed by atoms with van der Waals surface area (Å²) in [6, 6.07) is 2.05. The van der Waals surface area contributed by atoms with Gasteiger partial charge in [0.15, 0.2) is 5.15 Å². The highest BCUT2D eigenvalue weighted by atomic mass is 35.5. The Bertz CT molecular complexity index is 1210. The third kappa shape index (κ3) is 3.77. The van der Waals surface area contributed by atoms with Crippen molar-refractivity contribution in [2.45, 2.75) is 37.6 Å². The average Bonchev–Trinajstić information content (AvgIpc) is 3.42. The molecular weight excluding hydrogens is 449 g/mol. The second-order valence-corrected chi connectivity index (χ2v) is 10.6. The van der Waals surface area contributed by atoms with Gasteiger partial charge in [0.1, 0.15) is 5.52 Å². The Hall–Kier alpha value is -1.88. The lowest BCUT2D eigenvalue weighted by Crippen LogP contribution is -2.38. The predicted molar refractivity (Wildman–Crippen MR) is 115 cm³/mol. The van der Waals surface area contributed by atoms with Crippen LogP contribution < -0.4 is 5.32 Å². The van der Waals surface area contributed by atoms with Gasteiger partial charge in [-0.15, -0.1) is 5.10 Å². The first-order valence-corrected chi connectivity index (χ1v) is 12.4. The zero-order valence-electron chi connectivity index (χ0n) is 16.3. The fourth-order valence-corrected chi connectivity index (χ4v) is 5.20. The van der Waals surface area contributed by atoms with Crippen LogP contribution in [0.4, 0.5) is 11.6 Å². The van der Waals surface area contributed by atoms with E-state index >= 15 is 0 Å². The van der Waals surface area contributed by atoms with E-state index in [1.807, 2.05) is 16.8 Å². The van der Waals surface area contributed by atoms with E-state index in [-0.39, 0.29) is 6.04 Å². The van der Waals surface area contributed by atoms with Crippen molar-refractivity contribution in [3.8, 4) is 0 Å². The molecule has 0 unspecified atom stereocenters. The molecule has 1 N–H and O–H groups in total. The topological polar surface area (TPSA) is 97.4 Å². The highest BCUT2D eigenvalue weighted by molar-refractivity contribution is 7.88. The van der Waals surface area contributed by atoms with Crippen molar-refractivity contribution in [1.82, 2.24) is 28.7 Å². The highest BCUT2D eigenvalue weighted by Gasteiger charge is 2.29. The van der Waals surface area contributed by atoms with Crippen LogP contribution in [0.3, 0.4) is 0 Å². The molecule has 1 saturated heterocycles. The van der Waals surface area contributed by atoms with Gasteiger partial charge in [0.2, 0.25) is 16.0 Å². The molecule has 0 amide bonds. The molecule has 3 aromatic rings. The number of fused-ring (bicyclic) bond motifs is 1. The molecule has 2 fully saturated rings. The van der Waals surface area contributed by atoms with E-state index in [0.717, 1.165) is 24.1 Å².